The SMILES string of the molecule is COC(=O)c1ccc(CC(/C=C/c2ccccc2OCCCC(F)(F)F)CCc2ccc(C#N)cc2)cc1. The van der Waals surface area contributed by atoms with Gasteiger partial charge in [-0.1, -0.05) is 54.6 Å². The molecule has 0 aliphatic carbocycles. The highest BCUT2D eigenvalue weighted by Crippen LogP contribution is 2.25. The molecule has 0 amide bonds. The minimum absolute atomic E-state index is 0.0149. The summed E-state index contributed by atoms with van der Waals surface area (Å²) in [6.07, 6.45) is 1.23. The Morgan fingerprint density at radius 1 is 1.00 bits per heavy atom. The fraction of sp³-hybridized carbons (Fsp3) is 0.290. The van der Waals surface area contributed by atoms with Crippen LogP contribution in [0.15, 0.2) is 78.9 Å². The average molecular weight is 522 g/mol. The number of esters is 1. The molecular formula is C31H30F3NO3. The molecule has 1 atom stereocenters. The maximum atomic E-state index is 12.5. The van der Waals surface area contributed by atoms with Gasteiger partial charge in [0.05, 0.1) is 30.9 Å². The molecular weight excluding hydrogens is 491 g/mol. The maximum absolute atomic E-state index is 12.5. The zero-order valence-electron chi connectivity index (χ0n) is 21.2. The smallest absolute Gasteiger partial charge is 0.389 e. The lowest BCUT2D eigenvalue weighted by Crippen LogP contribution is -2.10. The molecule has 0 heterocycles. The molecule has 3 aromatic carbocycles. The Morgan fingerprint density at radius 2 is 1.68 bits per heavy atom. The van der Waals surface area contributed by atoms with Crippen LogP contribution in [0.4, 0.5) is 13.2 Å². The molecule has 0 radical (unpaired) electrons. The topological polar surface area (TPSA) is 59.3 Å². The lowest BCUT2D eigenvalue weighted by atomic mass is 9.91. The molecule has 0 spiro atoms. The summed E-state index contributed by atoms with van der Waals surface area (Å²) in [7, 11) is 1.35. The highest BCUT2D eigenvalue weighted by Gasteiger charge is 2.26. The van der Waals surface area contributed by atoms with Crippen molar-refractivity contribution in [2.45, 2.75) is 38.3 Å². The zero-order valence-corrected chi connectivity index (χ0v) is 21.2. The lowest BCUT2D eigenvalue weighted by molar-refractivity contribution is -0.136. The Kier molecular flexibility index (Phi) is 10.5. The van der Waals surface area contributed by atoms with E-state index in [1.807, 2.05) is 42.5 Å². The minimum atomic E-state index is -4.19. The molecule has 0 aromatic heterocycles. The average Bonchev–Trinajstić information content (AvgIpc) is 2.92. The van der Waals surface area contributed by atoms with E-state index in [1.54, 1.807) is 36.4 Å². The molecule has 0 saturated carbocycles. The number of allylic oxidation sites excluding steroid dienone is 1. The molecule has 38 heavy (non-hydrogen) atoms. The summed E-state index contributed by atoms with van der Waals surface area (Å²) < 4.78 is 47.8. The van der Waals surface area contributed by atoms with Gasteiger partial charge in [0.2, 0.25) is 0 Å². The van der Waals surface area contributed by atoms with Crippen molar-refractivity contribution < 1.29 is 27.4 Å². The van der Waals surface area contributed by atoms with Crippen molar-refractivity contribution >= 4 is 12.0 Å². The number of para-hydroxylation sites is 1. The summed E-state index contributed by atoms with van der Waals surface area (Å²) in [4.78, 5) is 11.8. The van der Waals surface area contributed by atoms with E-state index in [9.17, 15) is 18.0 Å². The molecule has 7 heteroatoms. The second-order valence-corrected chi connectivity index (χ2v) is 8.96. The molecule has 0 aliphatic heterocycles. The third-order valence-electron chi connectivity index (χ3n) is 6.09. The van der Waals surface area contributed by atoms with Gasteiger partial charge >= 0.3 is 12.1 Å². The van der Waals surface area contributed by atoms with Crippen molar-refractivity contribution in [2.75, 3.05) is 13.7 Å². The number of ether oxygens (including phenoxy) is 2. The number of nitrogens with zero attached hydrogens (tertiary/aromatic N) is 1. The standard InChI is InChI=1S/C31H30F3NO3/c1-37-30(36)28-17-14-25(15-18-28)21-24(10-7-23-8-11-26(22-35)12-9-23)13-16-27-5-2-3-6-29(27)38-20-4-19-31(32,33)34/h2-3,5-6,8-9,11-18,24H,4,7,10,19-21H2,1H3/b16-13+. The summed E-state index contributed by atoms with van der Waals surface area (Å²) in [5, 5.41) is 9.04. The Morgan fingerprint density at radius 3 is 2.34 bits per heavy atom. The van der Waals surface area contributed by atoms with Crippen molar-refractivity contribution in [3.63, 3.8) is 0 Å². The van der Waals surface area contributed by atoms with Gasteiger partial charge in [0, 0.05) is 12.0 Å². The van der Waals surface area contributed by atoms with Crippen LogP contribution in [0.1, 0.15) is 51.9 Å². The Hall–Kier alpha value is -4.05. The maximum Gasteiger partial charge on any atom is 0.389 e. The first-order chi connectivity index (χ1) is 18.3. The minimum Gasteiger partial charge on any atom is -0.493 e. The number of benzene rings is 3. The van der Waals surface area contributed by atoms with Gasteiger partial charge in [0.15, 0.2) is 0 Å². The number of hydrogen-bond donors (Lipinski definition) is 0. The van der Waals surface area contributed by atoms with Crippen LogP contribution in [0, 0.1) is 17.2 Å². The van der Waals surface area contributed by atoms with Crippen LogP contribution >= 0.6 is 0 Å². The van der Waals surface area contributed by atoms with E-state index in [-0.39, 0.29) is 24.9 Å². The first kappa shape index (κ1) is 28.5. The Balaban J connectivity index is 1.73. The number of hydrogen-bond acceptors (Lipinski definition) is 4. The Labute approximate surface area is 221 Å². The van der Waals surface area contributed by atoms with Gasteiger partial charge in [-0.2, -0.15) is 18.4 Å². The number of alkyl halides is 3. The van der Waals surface area contributed by atoms with Crippen LogP contribution in [0.25, 0.3) is 6.08 Å². The third kappa shape index (κ3) is 9.44. The first-order valence-electron chi connectivity index (χ1n) is 12.4. The fourth-order valence-corrected chi connectivity index (χ4v) is 4.01. The molecule has 0 fully saturated rings. The number of rotatable bonds is 12. The van der Waals surface area contributed by atoms with E-state index >= 15 is 0 Å². The van der Waals surface area contributed by atoms with Crippen molar-refractivity contribution in [1.82, 2.24) is 0 Å². The van der Waals surface area contributed by atoms with E-state index in [0.717, 1.165) is 36.0 Å². The second-order valence-electron chi connectivity index (χ2n) is 8.96. The van der Waals surface area contributed by atoms with Gasteiger partial charge in [-0.05, 0) is 73.1 Å². The van der Waals surface area contributed by atoms with E-state index in [1.165, 1.54) is 7.11 Å². The summed E-state index contributed by atoms with van der Waals surface area (Å²) >= 11 is 0. The second kappa shape index (κ2) is 14.0. The molecule has 0 aliphatic rings. The van der Waals surface area contributed by atoms with Crippen LogP contribution in [0.5, 0.6) is 5.75 Å². The molecule has 0 N–H and O–H groups in total. The van der Waals surface area contributed by atoms with Crippen molar-refractivity contribution in [2.24, 2.45) is 5.92 Å². The molecule has 3 rings (SSSR count). The Bertz CT molecular complexity index is 1240. The summed E-state index contributed by atoms with van der Waals surface area (Å²) in [5.74, 6) is 0.285. The van der Waals surface area contributed by atoms with E-state index in [0.29, 0.717) is 16.9 Å². The molecule has 3 aromatic rings. The van der Waals surface area contributed by atoms with Gasteiger partial charge in [-0.15, -0.1) is 0 Å². The highest BCUT2D eigenvalue weighted by atomic mass is 19.4. The van der Waals surface area contributed by atoms with Gasteiger partial charge in [0.25, 0.3) is 0 Å². The van der Waals surface area contributed by atoms with Crippen LogP contribution in [-0.2, 0) is 17.6 Å². The van der Waals surface area contributed by atoms with E-state index in [2.05, 4.69) is 12.1 Å². The van der Waals surface area contributed by atoms with Gasteiger partial charge < -0.3 is 9.47 Å². The zero-order chi connectivity index (χ0) is 27.4. The van der Waals surface area contributed by atoms with E-state index < -0.39 is 12.6 Å². The van der Waals surface area contributed by atoms with Crippen LogP contribution < -0.4 is 4.74 Å². The molecule has 1 unspecified atom stereocenters. The third-order valence-corrected chi connectivity index (χ3v) is 6.09. The molecule has 198 valence electrons. The highest BCUT2D eigenvalue weighted by molar-refractivity contribution is 5.89. The first-order valence-corrected chi connectivity index (χ1v) is 12.4. The number of carbonyl (C=O) groups excluding carboxylic acids is 1. The molecule has 4 nitrogen and oxygen atoms in total. The summed E-state index contributed by atoms with van der Waals surface area (Å²) in [6, 6.07) is 24.2. The number of methoxy groups -OCH3 is 1. The quantitative estimate of drug-likeness (QED) is 0.182. The van der Waals surface area contributed by atoms with Gasteiger partial charge in [0.1, 0.15) is 5.75 Å². The van der Waals surface area contributed by atoms with Gasteiger partial charge in [-0.3, -0.25) is 0 Å². The molecule has 0 saturated heterocycles. The van der Waals surface area contributed by atoms with Crippen LogP contribution in [0.3, 0.4) is 0 Å². The normalized spacial score (nSPS) is 12.2. The monoisotopic (exact) mass is 521 g/mol. The molecule has 0 bridgehead atoms. The fourth-order valence-electron chi connectivity index (χ4n) is 4.01. The summed E-state index contributed by atoms with van der Waals surface area (Å²) in [6.45, 7) is -0.0149. The lowest BCUT2D eigenvalue weighted by Gasteiger charge is -2.15. The van der Waals surface area contributed by atoms with Crippen molar-refractivity contribution in [1.29, 1.82) is 5.26 Å². The van der Waals surface area contributed by atoms with Gasteiger partial charge in [-0.25, -0.2) is 4.79 Å². The number of halogens is 3. The van der Waals surface area contributed by atoms with Crippen LogP contribution in [-0.4, -0.2) is 25.9 Å². The predicted molar refractivity (Wildman–Crippen MR) is 141 cm³/mol. The number of aryl methyl sites for hydroxylation is 1. The summed E-state index contributed by atoms with van der Waals surface area (Å²) in [5.41, 5.74) is 4.07. The number of nitriles is 1. The van der Waals surface area contributed by atoms with E-state index in [4.69, 9.17) is 14.7 Å². The number of carbonyl (C=O) groups is 1. The van der Waals surface area contributed by atoms with Crippen molar-refractivity contribution in [3.05, 3.63) is 107 Å². The van der Waals surface area contributed by atoms with Crippen LogP contribution in [0.2, 0.25) is 0 Å². The predicted octanol–water partition coefficient (Wildman–Crippen LogP) is 7.57. The van der Waals surface area contributed by atoms with Crippen molar-refractivity contribution in [3.8, 4) is 11.8 Å². The largest absolute Gasteiger partial charge is 0.493 e.